The molecule has 0 amide bonds. The summed E-state index contributed by atoms with van der Waals surface area (Å²) < 4.78 is 1.16. The number of rotatable bonds is 7. The van der Waals surface area contributed by atoms with Gasteiger partial charge in [-0.25, -0.2) is 0 Å². The highest BCUT2D eigenvalue weighted by molar-refractivity contribution is 9.11. The maximum Gasteiger partial charge on any atom is 0.0702 e. The van der Waals surface area contributed by atoms with Crippen LogP contribution in [0.1, 0.15) is 11.8 Å². The van der Waals surface area contributed by atoms with Gasteiger partial charge in [0.25, 0.3) is 0 Å². The first-order valence-corrected chi connectivity index (χ1v) is 8.28. The number of nitrogens with zero attached hydrogens (tertiary/aromatic N) is 1. The minimum atomic E-state index is 0.182. The maximum absolute atomic E-state index is 9.04. The summed E-state index contributed by atoms with van der Waals surface area (Å²) >= 11 is 5.21. The van der Waals surface area contributed by atoms with Gasteiger partial charge in [0.2, 0.25) is 0 Å². The Morgan fingerprint density at radius 2 is 1.95 bits per heavy atom. The van der Waals surface area contributed by atoms with Crippen LogP contribution < -0.4 is 10.2 Å². The SMILES string of the molecule is CCN(CCO)c1ccc(NCc2ccc(Br)s2)cc1. The van der Waals surface area contributed by atoms with Crippen molar-refractivity contribution in [3.8, 4) is 0 Å². The van der Waals surface area contributed by atoms with E-state index < -0.39 is 0 Å². The molecule has 0 bridgehead atoms. The van der Waals surface area contributed by atoms with Crippen LogP contribution in [0, 0.1) is 0 Å². The van der Waals surface area contributed by atoms with E-state index >= 15 is 0 Å². The van der Waals surface area contributed by atoms with E-state index in [1.807, 2.05) is 0 Å². The van der Waals surface area contributed by atoms with Crippen molar-refractivity contribution in [2.45, 2.75) is 13.5 Å². The zero-order valence-electron chi connectivity index (χ0n) is 11.5. The standard InChI is InChI=1S/C15H19BrN2OS/c1-2-18(9-10-19)13-5-3-12(4-6-13)17-11-14-7-8-15(16)20-14/h3-8,17,19H,2,9-11H2,1H3. The lowest BCUT2D eigenvalue weighted by Crippen LogP contribution is -2.25. The third kappa shape index (κ3) is 4.23. The summed E-state index contributed by atoms with van der Waals surface area (Å²) in [5, 5.41) is 12.5. The molecule has 0 spiro atoms. The Morgan fingerprint density at radius 1 is 1.20 bits per heavy atom. The number of aliphatic hydroxyl groups excluding tert-OH is 1. The van der Waals surface area contributed by atoms with Gasteiger partial charge in [0.15, 0.2) is 0 Å². The highest BCUT2D eigenvalue weighted by Gasteiger charge is 2.03. The summed E-state index contributed by atoms with van der Waals surface area (Å²) in [5.74, 6) is 0. The normalized spacial score (nSPS) is 10.6. The Balaban J connectivity index is 1.94. The molecule has 0 saturated heterocycles. The van der Waals surface area contributed by atoms with E-state index in [0.717, 1.165) is 28.3 Å². The molecule has 0 radical (unpaired) electrons. The lowest BCUT2D eigenvalue weighted by molar-refractivity contribution is 0.302. The molecule has 0 aliphatic heterocycles. The van der Waals surface area contributed by atoms with E-state index in [-0.39, 0.29) is 6.61 Å². The van der Waals surface area contributed by atoms with Gasteiger partial charge in [-0.1, -0.05) is 0 Å². The van der Waals surface area contributed by atoms with Crippen molar-refractivity contribution in [1.29, 1.82) is 0 Å². The fourth-order valence-electron chi connectivity index (χ4n) is 2.02. The molecule has 0 saturated carbocycles. The van der Waals surface area contributed by atoms with Gasteiger partial charge in [-0.3, -0.25) is 0 Å². The van der Waals surface area contributed by atoms with Crippen molar-refractivity contribution in [2.75, 3.05) is 29.9 Å². The monoisotopic (exact) mass is 354 g/mol. The molecule has 5 heteroatoms. The molecular formula is C15H19BrN2OS. The number of halogens is 1. The number of nitrogens with one attached hydrogen (secondary N) is 1. The first kappa shape index (κ1) is 15.4. The van der Waals surface area contributed by atoms with Crippen LogP contribution in [0.2, 0.25) is 0 Å². The Hall–Kier alpha value is -1.04. The Bertz CT molecular complexity index is 527. The third-order valence-electron chi connectivity index (χ3n) is 3.08. The zero-order chi connectivity index (χ0) is 14.4. The van der Waals surface area contributed by atoms with Crippen LogP contribution >= 0.6 is 27.3 Å². The van der Waals surface area contributed by atoms with Gasteiger partial charge in [-0.15, -0.1) is 11.3 Å². The van der Waals surface area contributed by atoms with Crippen LogP contribution in [0.15, 0.2) is 40.2 Å². The molecule has 2 rings (SSSR count). The average Bonchev–Trinajstić information content (AvgIpc) is 2.89. The molecular weight excluding hydrogens is 336 g/mol. The van der Waals surface area contributed by atoms with E-state index in [4.69, 9.17) is 5.11 Å². The molecule has 0 aliphatic carbocycles. The highest BCUT2D eigenvalue weighted by atomic mass is 79.9. The number of benzene rings is 1. The molecule has 2 aromatic rings. The second kappa shape index (κ2) is 7.67. The molecule has 0 atom stereocenters. The van der Waals surface area contributed by atoms with Crippen LogP contribution in [0.5, 0.6) is 0 Å². The van der Waals surface area contributed by atoms with Crippen molar-refractivity contribution in [3.05, 3.63) is 45.1 Å². The first-order chi connectivity index (χ1) is 9.72. The van der Waals surface area contributed by atoms with Gasteiger partial charge < -0.3 is 15.3 Å². The summed E-state index contributed by atoms with van der Waals surface area (Å²) in [4.78, 5) is 3.46. The van der Waals surface area contributed by atoms with Crippen LogP contribution in [-0.2, 0) is 6.54 Å². The number of aliphatic hydroxyl groups is 1. The lowest BCUT2D eigenvalue weighted by atomic mass is 10.2. The molecule has 0 aliphatic rings. The molecule has 3 nitrogen and oxygen atoms in total. The minimum absolute atomic E-state index is 0.182. The summed E-state index contributed by atoms with van der Waals surface area (Å²) in [6.45, 7) is 4.68. The van der Waals surface area contributed by atoms with Crippen molar-refractivity contribution in [2.24, 2.45) is 0 Å². The molecule has 1 heterocycles. The van der Waals surface area contributed by atoms with E-state index in [0.29, 0.717) is 6.54 Å². The Morgan fingerprint density at radius 3 is 2.50 bits per heavy atom. The van der Waals surface area contributed by atoms with Gasteiger partial charge >= 0.3 is 0 Å². The largest absolute Gasteiger partial charge is 0.395 e. The van der Waals surface area contributed by atoms with Gasteiger partial charge in [0, 0.05) is 35.9 Å². The fraction of sp³-hybridized carbons (Fsp3) is 0.333. The number of thiophene rings is 1. The van der Waals surface area contributed by atoms with Gasteiger partial charge in [0.05, 0.1) is 10.4 Å². The van der Waals surface area contributed by atoms with Crippen molar-refractivity contribution in [1.82, 2.24) is 0 Å². The number of anilines is 2. The van der Waals surface area contributed by atoms with E-state index in [1.165, 1.54) is 4.88 Å². The summed E-state index contributed by atoms with van der Waals surface area (Å²) in [6, 6.07) is 12.5. The van der Waals surface area contributed by atoms with Crippen LogP contribution in [-0.4, -0.2) is 24.8 Å². The van der Waals surface area contributed by atoms with Crippen molar-refractivity contribution in [3.63, 3.8) is 0 Å². The lowest BCUT2D eigenvalue weighted by Gasteiger charge is -2.22. The first-order valence-electron chi connectivity index (χ1n) is 6.67. The second-order valence-electron chi connectivity index (χ2n) is 4.41. The summed E-state index contributed by atoms with van der Waals surface area (Å²) in [5.41, 5.74) is 2.25. The fourth-order valence-corrected chi connectivity index (χ4v) is 3.44. The second-order valence-corrected chi connectivity index (χ2v) is 6.96. The minimum Gasteiger partial charge on any atom is -0.395 e. The van der Waals surface area contributed by atoms with Crippen LogP contribution in [0.25, 0.3) is 0 Å². The average molecular weight is 355 g/mol. The smallest absolute Gasteiger partial charge is 0.0702 e. The molecule has 0 unspecified atom stereocenters. The highest BCUT2D eigenvalue weighted by Crippen LogP contribution is 2.23. The van der Waals surface area contributed by atoms with E-state index in [9.17, 15) is 0 Å². The molecule has 1 aromatic carbocycles. The Labute approximate surface area is 132 Å². The van der Waals surface area contributed by atoms with Crippen LogP contribution in [0.3, 0.4) is 0 Å². The Kier molecular flexibility index (Phi) is 5.88. The number of likely N-dealkylation sites (N-methyl/N-ethyl adjacent to an activating group) is 1. The molecule has 1 aromatic heterocycles. The predicted octanol–water partition coefficient (Wildman–Crippen LogP) is 3.94. The topological polar surface area (TPSA) is 35.5 Å². The van der Waals surface area contributed by atoms with Crippen molar-refractivity contribution < 1.29 is 5.11 Å². The van der Waals surface area contributed by atoms with Gasteiger partial charge in [-0.2, -0.15) is 0 Å². The van der Waals surface area contributed by atoms with Gasteiger partial charge in [0.1, 0.15) is 0 Å². The summed E-state index contributed by atoms with van der Waals surface area (Å²) in [6.07, 6.45) is 0. The number of hydrogen-bond donors (Lipinski definition) is 2. The predicted molar refractivity (Wildman–Crippen MR) is 90.8 cm³/mol. The molecule has 20 heavy (non-hydrogen) atoms. The molecule has 2 N–H and O–H groups in total. The molecule has 0 fully saturated rings. The maximum atomic E-state index is 9.04. The quantitative estimate of drug-likeness (QED) is 0.790. The van der Waals surface area contributed by atoms with Crippen molar-refractivity contribution >= 4 is 38.6 Å². The van der Waals surface area contributed by atoms with Crippen LogP contribution in [0.4, 0.5) is 11.4 Å². The third-order valence-corrected chi connectivity index (χ3v) is 4.70. The van der Waals surface area contributed by atoms with Gasteiger partial charge in [-0.05, 0) is 59.3 Å². The summed E-state index contributed by atoms with van der Waals surface area (Å²) in [7, 11) is 0. The van der Waals surface area contributed by atoms with E-state index in [2.05, 4.69) is 69.5 Å². The van der Waals surface area contributed by atoms with E-state index in [1.54, 1.807) is 11.3 Å². The zero-order valence-corrected chi connectivity index (χ0v) is 13.9. The number of hydrogen-bond acceptors (Lipinski definition) is 4. The molecule has 108 valence electrons.